The summed E-state index contributed by atoms with van der Waals surface area (Å²) in [6, 6.07) is 1.97. The number of rotatable bonds is 13. The van der Waals surface area contributed by atoms with Crippen LogP contribution >= 0.6 is 0 Å². The fourth-order valence-corrected chi connectivity index (χ4v) is 2.77. The van der Waals surface area contributed by atoms with Gasteiger partial charge in [-0.3, -0.25) is 4.98 Å². The Morgan fingerprint density at radius 1 is 1.04 bits per heavy atom. The van der Waals surface area contributed by atoms with Crippen LogP contribution in [0.5, 0.6) is 0 Å². The van der Waals surface area contributed by atoms with Gasteiger partial charge in [0.15, 0.2) is 0 Å². The summed E-state index contributed by atoms with van der Waals surface area (Å²) in [7, 11) is 0. The van der Waals surface area contributed by atoms with Crippen LogP contribution in [-0.4, -0.2) is 23.2 Å². The molecule has 2 heterocycles. The van der Waals surface area contributed by atoms with Crippen LogP contribution in [0.1, 0.15) is 70.5 Å². The molecule has 0 aromatic carbocycles. The number of nitrogens with zero attached hydrogens (tertiary/aromatic N) is 1. The molecular weight excluding hydrogens is 304 g/mol. The van der Waals surface area contributed by atoms with Crippen LogP contribution in [0, 0.1) is 0 Å². The molecule has 2 aromatic heterocycles. The van der Waals surface area contributed by atoms with Crippen molar-refractivity contribution in [2.45, 2.75) is 71.1 Å². The van der Waals surface area contributed by atoms with Crippen LogP contribution in [-0.2, 0) is 11.2 Å². The summed E-state index contributed by atoms with van der Waals surface area (Å²) in [5.41, 5.74) is 0.172. The monoisotopic (exact) mass is 334 g/mol. The van der Waals surface area contributed by atoms with Gasteiger partial charge in [-0.05, 0) is 25.3 Å². The molecule has 24 heavy (non-hydrogen) atoms. The van der Waals surface area contributed by atoms with Crippen molar-refractivity contribution in [2.24, 2.45) is 0 Å². The maximum atomic E-state index is 11.1. The van der Waals surface area contributed by atoms with Crippen molar-refractivity contribution in [3.63, 3.8) is 0 Å². The zero-order valence-corrected chi connectivity index (χ0v) is 14.8. The van der Waals surface area contributed by atoms with E-state index in [1.807, 2.05) is 6.07 Å². The van der Waals surface area contributed by atoms with Crippen molar-refractivity contribution < 1.29 is 9.15 Å². The Morgan fingerprint density at radius 3 is 2.54 bits per heavy atom. The van der Waals surface area contributed by atoms with Crippen molar-refractivity contribution >= 4 is 11.1 Å². The average molecular weight is 334 g/mol. The molecule has 1 N–H and O–H groups in total. The highest BCUT2D eigenvalue weighted by Gasteiger charge is 2.04. The first-order valence-corrected chi connectivity index (χ1v) is 9.35. The number of aromatic amines is 1. The molecule has 5 heteroatoms. The fraction of sp³-hybridized carbons (Fsp3) is 0.684. The quantitative estimate of drug-likeness (QED) is 0.543. The third-order valence-electron chi connectivity index (χ3n) is 4.21. The Labute approximate surface area is 143 Å². The van der Waals surface area contributed by atoms with Gasteiger partial charge in [0.1, 0.15) is 5.76 Å². The van der Waals surface area contributed by atoms with Crippen molar-refractivity contribution in [2.75, 3.05) is 13.2 Å². The molecule has 2 rings (SSSR count). The molecule has 0 fully saturated rings. The lowest BCUT2D eigenvalue weighted by atomic mass is 10.1. The standard InChI is InChI=1S/C19H30N2O3/c1-2-3-12-23-13-10-8-6-4-5-7-9-11-17-14-16-15-20-19(22)21-18(16)24-17/h14-15H,2-13H2,1H3,(H,20,21,22). The van der Waals surface area contributed by atoms with Gasteiger partial charge in [0.2, 0.25) is 5.71 Å². The van der Waals surface area contributed by atoms with E-state index in [0.717, 1.165) is 37.2 Å². The minimum Gasteiger partial charge on any atom is -0.445 e. The molecule has 0 unspecified atom stereocenters. The molecule has 134 valence electrons. The molecule has 2 aromatic rings. The van der Waals surface area contributed by atoms with Gasteiger partial charge in [0.05, 0.1) is 5.39 Å². The maximum Gasteiger partial charge on any atom is 0.347 e. The van der Waals surface area contributed by atoms with Gasteiger partial charge >= 0.3 is 5.69 Å². The van der Waals surface area contributed by atoms with E-state index >= 15 is 0 Å². The first-order chi connectivity index (χ1) is 11.8. The SMILES string of the molecule is CCCCOCCCCCCCCCc1cc2cnc(=O)[nH]c2o1. The highest BCUT2D eigenvalue weighted by molar-refractivity contribution is 5.72. The molecule has 5 nitrogen and oxygen atoms in total. The van der Waals surface area contributed by atoms with Gasteiger partial charge in [-0.15, -0.1) is 0 Å². The lowest BCUT2D eigenvalue weighted by Crippen LogP contribution is -2.07. The van der Waals surface area contributed by atoms with Gasteiger partial charge in [-0.25, -0.2) is 9.78 Å². The van der Waals surface area contributed by atoms with Crippen LogP contribution in [0.25, 0.3) is 11.1 Å². The number of aryl methyl sites for hydroxylation is 1. The Bertz CT molecular complexity index is 633. The van der Waals surface area contributed by atoms with Gasteiger partial charge in [-0.1, -0.05) is 45.4 Å². The second kappa shape index (κ2) is 11.0. The summed E-state index contributed by atoms with van der Waals surface area (Å²) in [6.45, 7) is 4.03. The Hall–Kier alpha value is -1.62. The number of nitrogens with one attached hydrogen (secondary N) is 1. The van der Waals surface area contributed by atoms with E-state index in [1.54, 1.807) is 6.20 Å². The van der Waals surface area contributed by atoms with E-state index in [4.69, 9.17) is 9.15 Å². The van der Waals surface area contributed by atoms with Crippen molar-refractivity contribution in [3.8, 4) is 0 Å². The van der Waals surface area contributed by atoms with E-state index < -0.39 is 0 Å². The highest BCUT2D eigenvalue weighted by atomic mass is 16.5. The van der Waals surface area contributed by atoms with Crippen molar-refractivity contribution in [1.29, 1.82) is 0 Å². The molecule has 0 bridgehead atoms. The smallest absolute Gasteiger partial charge is 0.347 e. The highest BCUT2D eigenvalue weighted by Crippen LogP contribution is 2.17. The van der Waals surface area contributed by atoms with Crippen LogP contribution in [0.3, 0.4) is 0 Å². The molecule has 0 aliphatic rings. The summed E-state index contributed by atoms with van der Waals surface area (Å²) in [5.74, 6) is 0.929. The molecule has 0 aliphatic heterocycles. The maximum absolute atomic E-state index is 11.1. The Kier molecular flexibility index (Phi) is 8.60. The van der Waals surface area contributed by atoms with E-state index in [9.17, 15) is 4.79 Å². The van der Waals surface area contributed by atoms with Gasteiger partial charge in [0, 0.05) is 25.8 Å². The second-order valence-electron chi connectivity index (χ2n) is 6.38. The average Bonchev–Trinajstić information content (AvgIpc) is 2.97. The Morgan fingerprint density at radius 2 is 1.75 bits per heavy atom. The van der Waals surface area contributed by atoms with E-state index in [0.29, 0.717) is 5.71 Å². The minimum absolute atomic E-state index is 0.362. The topological polar surface area (TPSA) is 68.1 Å². The predicted molar refractivity (Wildman–Crippen MR) is 96.4 cm³/mol. The number of aromatic nitrogens is 2. The lowest BCUT2D eigenvalue weighted by Gasteiger charge is -2.03. The summed E-state index contributed by atoms with van der Waals surface area (Å²) in [4.78, 5) is 17.5. The van der Waals surface area contributed by atoms with Crippen LogP contribution in [0.15, 0.2) is 21.5 Å². The summed E-state index contributed by atoms with van der Waals surface area (Å²) < 4.78 is 11.2. The molecule has 0 saturated heterocycles. The van der Waals surface area contributed by atoms with Crippen molar-refractivity contribution in [1.82, 2.24) is 9.97 Å². The van der Waals surface area contributed by atoms with Crippen LogP contribution < -0.4 is 5.69 Å². The number of fused-ring (bicyclic) bond motifs is 1. The molecule has 0 spiro atoms. The lowest BCUT2D eigenvalue weighted by molar-refractivity contribution is 0.127. The molecule has 0 amide bonds. The number of hydrogen-bond acceptors (Lipinski definition) is 4. The van der Waals surface area contributed by atoms with Crippen molar-refractivity contribution in [3.05, 3.63) is 28.5 Å². The molecule has 0 radical (unpaired) electrons. The molecule has 0 aliphatic carbocycles. The predicted octanol–water partition coefficient (Wildman–Crippen LogP) is 4.61. The number of H-pyrrole nitrogens is 1. The van der Waals surface area contributed by atoms with Gasteiger partial charge in [-0.2, -0.15) is 0 Å². The zero-order chi connectivity index (χ0) is 17.0. The summed E-state index contributed by atoms with van der Waals surface area (Å²) in [5, 5.41) is 0.866. The van der Waals surface area contributed by atoms with Crippen LogP contribution in [0.4, 0.5) is 0 Å². The largest absolute Gasteiger partial charge is 0.445 e. The molecular formula is C19H30N2O3. The van der Waals surface area contributed by atoms with Gasteiger partial charge in [0.25, 0.3) is 0 Å². The zero-order valence-electron chi connectivity index (χ0n) is 14.8. The van der Waals surface area contributed by atoms with E-state index in [1.165, 1.54) is 51.4 Å². The Balaban J connectivity index is 1.47. The first-order valence-electron chi connectivity index (χ1n) is 9.35. The number of hydrogen-bond donors (Lipinski definition) is 1. The first kappa shape index (κ1) is 18.7. The molecule has 0 saturated carbocycles. The molecule has 0 atom stereocenters. The fourth-order valence-electron chi connectivity index (χ4n) is 2.77. The minimum atomic E-state index is -0.362. The third-order valence-corrected chi connectivity index (χ3v) is 4.21. The third kappa shape index (κ3) is 6.87. The number of furan rings is 1. The normalized spacial score (nSPS) is 11.4. The van der Waals surface area contributed by atoms with Crippen LogP contribution in [0.2, 0.25) is 0 Å². The van der Waals surface area contributed by atoms with E-state index in [2.05, 4.69) is 16.9 Å². The number of unbranched alkanes of at least 4 members (excludes halogenated alkanes) is 7. The second-order valence-corrected chi connectivity index (χ2v) is 6.38. The summed E-state index contributed by atoms with van der Waals surface area (Å²) in [6.07, 6.45) is 13.5. The summed E-state index contributed by atoms with van der Waals surface area (Å²) >= 11 is 0. The number of ether oxygens (including phenoxy) is 1. The van der Waals surface area contributed by atoms with E-state index in [-0.39, 0.29) is 5.69 Å². The van der Waals surface area contributed by atoms with Gasteiger partial charge < -0.3 is 9.15 Å².